The molecule has 2 aromatic heterocycles. The summed E-state index contributed by atoms with van der Waals surface area (Å²) in [6.45, 7) is -0.902. The molecule has 0 saturated carbocycles. The highest BCUT2D eigenvalue weighted by molar-refractivity contribution is 5.99. The Labute approximate surface area is 376 Å². The molecular weight excluding hydrogens is 863 g/mol. The number of amides is 7. The zero-order chi connectivity index (χ0) is 47.9. The van der Waals surface area contributed by atoms with Crippen molar-refractivity contribution in [3.05, 3.63) is 90.1 Å². The summed E-state index contributed by atoms with van der Waals surface area (Å²) in [4.78, 5) is 129. The second kappa shape index (κ2) is 23.3. The van der Waals surface area contributed by atoms with Gasteiger partial charge in [0.2, 0.25) is 41.4 Å². The first kappa shape index (κ1) is 49.4. The van der Waals surface area contributed by atoms with Crippen LogP contribution in [0.1, 0.15) is 48.9 Å². The highest BCUT2D eigenvalue weighted by Crippen LogP contribution is 2.23. The maximum atomic E-state index is 14.6. The van der Waals surface area contributed by atoms with Crippen LogP contribution in [0.2, 0.25) is 0 Å². The first-order valence-electron chi connectivity index (χ1n) is 21.0. The van der Waals surface area contributed by atoms with Crippen LogP contribution in [0.4, 0.5) is 0 Å². The summed E-state index contributed by atoms with van der Waals surface area (Å²) < 4.78 is 0. The van der Waals surface area contributed by atoms with Gasteiger partial charge in [0.1, 0.15) is 36.3 Å². The maximum Gasteiger partial charge on any atom is 0.326 e. The minimum Gasteiger partial charge on any atom is -0.481 e. The number of carboxylic acid groups (broad SMARTS) is 2. The molecule has 66 heavy (non-hydrogen) atoms. The summed E-state index contributed by atoms with van der Waals surface area (Å²) in [5.41, 5.74) is 13.9. The van der Waals surface area contributed by atoms with Gasteiger partial charge < -0.3 is 68.2 Å². The standard InChI is InChI=1S/C43H53N11O12/c44-27(17-25-20-46-22-48-25)37(59)49-29(12-13-36(57)58)38(60)50-30(18-35(45)56)39(61)51-31(16-24-19-47-28-10-5-4-9-26(24)28)42(64)54-14-6-11-34(54)41(63)53-33(21-55)40(62)52-32(43(65)66)15-23-7-2-1-3-8-23/h1-5,7-10,19-20,22,27,29-34,47,55H,6,11-18,21,44H2,(H2,45,56)(H,46,48)(H,49,59)(H,50,60)(H,51,61)(H,52,62)(H,53,63)(H,57,58)(H,65,66)/t27-,29-,30-,31-,32-,33-,34-/m0/s1. The van der Waals surface area contributed by atoms with E-state index >= 15 is 0 Å². The normalized spacial score (nSPS) is 16.2. The average Bonchev–Trinajstić information content (AvgIpc) is 4.08. The van der Waals surface area contributed by atoms with Crippen molar-refractivity contribution >= 4 is 64.2 Å². The molecule has 4 aromatic rings. The Balaban J connectivity index is 1.34. The molecule has 3 heterocycles. The molecule has 5 rings (SSSR count). The lowest BCUT2D eigenvalue weighted by molar-refractivity contribution is -0.144. The van der Waals surface area contributed by atoms with Crippen molar-refractivity contribution < 1.29 is 58.5 Å². The lowest BCUT2D eigenvalue weighted by Crippen LogP contribution is -2.60. The van der Waals surface area contributed by atoms with Crippen LogP contribution in [0.5, 0.6) is 0 Å². The average molecular weight is 916 g/mol. The van der Waals surface area contributed by atoms with Crippen LogP contribution in [0.25, 0.3) is 10.9 Å². The molecule has 1 fully saturated rings. The van der Waals surface area contributed by atoms with Crippen molar-refractivity contribution in [1.82, 2.24) is 46.4 Å². The van der Waals surface area contributed by atoms with E-state index in [2.05, 4.69) is 41.5 Å². The number of para-hydroxylation sites is 1. The van der Waals surface area contributed by atoms with E-state index in [9.17, 15) is 58.5 Å². The van der Waals surface area contributed by atoms with Crippen LogP contribution in [0.15, 0.2) is 73.3 Å². The lowest BCUT2D eigenvalue weighted by atomic mass is 10.0. The first-order chi connectivity index (χ1) is 31.5. The van der Waals surface area contributed by atoms with Gasteiger partial charge in [0.15, 0.2) is 0 Å². The van der Waals surface area contributed by atoms with Crippen molar-refractivity contribution in [3.8, 4) is 0 Å². The van der Waals surface area contributed by atoms with E-state index in [4.69, 9.17) is 11.5 Å². The van der Waals surface area contributed by atoms with Crippen molar-refractivity contribution in [3.63, 3.8) is 0 Å². The van der Waals surface area contributed by atoms with Crippen LogP contribution < -0.4 is 38.1 Å². The molecule has 0 spiro atoms. The number of nitrogens with one attached hydrogen (secondary N) is 7. The minimum absolute atomic E-state index is 0.0141. The van der Waals surface area contributed by atoms with Gasteiger partial charge in [0, 0.05) is 61.2 Å². The Hall–Kier alpha value is -7.66. The quantitative estimate of drug-likeness (QED) is 0.0345. The largest absolute Gasteiger partial charge is 0.481 e. The molecule has 2 aromatic carbocycles. The van der Waals surface area contributed by atoms with Crippen LogP contribution in [0, 0.1) is 0 Å². The predicted octanol–water partition coefficient (Wildman–Crippen LogP) is -2.52. The van der Waals surface area contributed by atoms with E-state index < -0.39 is 121 Å². The van der Waals surface area contributed by atoms with E-state index in [0.717, 1.165) is 0 Å². The molecule has 0 aliphatic carbocycles. The molecule has 0 radical (unpaired) electrons. The van der Waals surface area contributed by atoms with Crippen LogP contribution in [-0.2, 0) is 62.4 Å². The Morgan fingerprint density at radius 2 is 1.41 bits per heavy atom. The molecule has 7 amide bonds. The number of aromatic amines is 2. The number of imidazole rings is 1. The molecule has 352 valence electrons. The molecule has 0 bridgehead atoms. The Morgan fingerprint density at radius 3 is 2.08 bits per heavy atom. The number of benzene rings is 2. The molecule has 14 N–H and O–H groups in total. The van der Waals surface area contributed by atoms with Gasteiger partial charge in [-0.3, -0.25) is 38.4 Å². The summed E-state index contributed by atoms with van der Waals surface area (Å²) in [7, 11) is 0. The van der Waals surface area contributed by atoms with E-state index in [1.165, 1.54) is 17.4 Å². The van der Waals surface area contributed by atoms with E-state index in [0.29, 0.717) is 34.1 Å². The third-order valence-corrected chi connectivity index (χ3v) is 10.9. The second-order valence-corrected chi connectivity index (χ2v) is 15.8. The summed E-state index contributed by atoms with van der Waals surface area (Å²) in [6, 6.07) is 5.36. The van der Waals surface area contributed by atoms with Gasteiger partial charge in [-0.25, -0.2) is 9.78 Å². The molecular formula is C43H53N11O12. The fourth-order valence-electron chi connectivity index (χ4n) is 7.50. The summed E-state index contributed by atoms with van der Waals surface area (Å²) >= 11 is 0. The van der Waals surface area contributed by atoms with Crippen molar-refractivity contribution in [2.45, 2.75) is 93.7 Å². The van der Waals surface area contributed by atoms with Crippen molar-refractivity contribution in [2.75, 3.05) is 13.2 Å². The van der Waals surface area contributed by atoms with Gasteiger partial charge in [-0.1, -0.05) is 48.5 Å². The summed E-state index contributed by atoms with van der Waals surface area (Å²) in [5, 5.41) is 42.1. The number of aliphatic hydroxyl groups excluding tert-OH is 1. The van der Waals surface area contributed by atoms with Crippen LogP contribution in [0.3, 0.4) is 0 Å². The van der Waals surface area contributed by atoms with Gasteiger partial charge in [0.25, 0.3) is 0 Å². The van der Waals surface area contributed by atoms with Gasteiger partial charge in [0.05, 0.1) is 25.4 Å². The third kappa shape index (κ3) is 13.7. The number of hydrogen-bond donors (Lipinski definition) is 12. The predicted molar refractivity (Wildman–Crippen MR) is 232 cm³/mol. The number of aliphatic carboxylic acids is 2. The van der Waals surface area contributed by atoms with E-state index in [1.807, 2.05) is 0 Å². The minimum atomic E-state index is -1.76. The molecule has 1 aliphatic heterocycles. The zero-order valence-corrected chi connectivity index (χ0v) is 35.6. The van der Waals surface area contributed by atoms with Gasteiger partial charge >= 0.3 is 11.9 Å². The SMILES string of the molecule is NC(=O)C[C@H](NC(=O)[C@H](CCC(=O)O)NC(=O)[C@@H](N)Cc1cnc[nH]1)C(=O)N[C@@H](Cc1c[nH]c2ccccc12)C(=O)N1CCC[C@H]1C(=O)N[C@@H](CO)C(=O)N[C@@H](Cc1ccccc1)C(=O)O. The number of hydrogen-bond acceptors (Lipinski definition) is 12. The lowest BCUT2D eigenvalue weighted by Gasteiger charge is -2.31. The van der Waals surface area contributed by atoms with Gasteiger partial charge in [-0.15, -0.1) is 0 Å². The van der Waals surface area contributed by atoms with E-state index in [1.54, 1.807) is 60.8 Å². The topological polar surface area (TPSA) is 374 Å². The Kier molecular flexibility index (Phi) is 17.4. The monoisotopic (exact) mass is 915 g/mol. The number of carbonyl (C=O) groups excluding carboxylic acids is 7. The molecule has 23 nitrogen and oxygen atoms in total. The van der Waals surface area contributed by atoms with Gasteiger partial charge in [-0.2, -0.15) is 0 Å². The number of aliphatic hydroxyl groups is 1. The smallest absolute Gasteiger partial charge is 0.326 e. The van der Waals surface area contributed by atoms with Crippen LogP contribution >= 0.6 is 0 Å². The highest BCUT2D eigenvalue weighted by atomic mass is 16.4. The number of aromatic nitrogens is 3. The number of carboxylic acids is 2. The molecule has 1 saturated heterocycles. The number of carbonyl (C=O) groups is 9. The number of fused-ring (bicyclic) bond motifs is 1. The molecule has 0 unspecified atom stereocenters. The fraction of sp³-hybridized carbons (Fsp3) is 0.395. The van der Waals surface area contributed by atoms with E-state index in [-0.39, 0.29) is 32.2 Å². The number of likely N-dealkylation sites (tertiary alicyclic amines) is 1. The summed E-state index contributed by atoms with van der Waals surface area (Å²) in [5.74, 6) is -9.27. The maximum absolute atomic E-state index is 14.6. The van der Waals surface area contributed by atoms with Crippen molar-refractivity contribution in [2.24, 2.45) is 11.5 Å². The third-order valence-electron chi connectivity index (χ3n) is 10.9. The number of nitrogens with two attached hydrogens (primary N) is 2. The second-order valence-electron chi connectivity index (χ2n) is 15.8. The zero-order valence-electron chi connectivity index (χ0n) is 35.6. The fourth-order valence-corrected chi connectivity index (χ4v) is 7.50. The number of nitrogens with zero attached hydrogens (tertiary/aromatic N) is 2. The summed E-state index contributed by atoms with van der Waals surface area (Å²) in [6.07, 6.45) is 2.73. The Bertz CT molecular complexity index is 2370. The van der Waals surface area contributed by atoms with Gasteiger partial charge in [-0.05, 0) is 36.5 Å². The molecule has 23 heteroatoms. The number of rotatable bonds is 24. The molecule has 7 atom stereocenters. The van der Waals surface area contributed by atoms with Crippen molar-refractivity contribution in [1.29, 1.82) is 0 Å². The molecule has 1 aliphatic rings. The highest BCUT2D eigenvalue weighted by Gasteiger charge is 2.40. The van der Waals surface area contributed by atoms with Crippen LogP contribution in [-0.4, -0.2) is 144 Å². The first-order valence-corrected chi connectivity index (χ1v) is 21.0. The number of primary amides is 1. The number of H-pyrrole nitrogens is 2. The Morgan fingerprint density at radius 1 is 0.758 bits per heavy atom.